The van der Waals surface area contributed by atoms with Crippen molar-refractivity contribution >= 4 is 17.6 Å². The summed E-state index contributed by atoms with van der Waals surface area (Å²) in [7, 11) is 0. The minimum atomic E-state index is 0.220. The van der Waals surface area contributed by atoms with Gasteiger partial charge in [-0.1, -0.05) is 6.92 Å². The van der Waals surface area contributed by atoms with E-state index in [1.807, 2.05) is 11.3 Å². The standard InChI is InChI=1S/C20H32N2O2S/c1-2-16(15-23)6-9-22-10-7-19-18(14-22)12-20(25-19)24-11-3-4-17-5-8-21-13-17/h12,15-17,21H,2-11,13-14H2,1H3. The summed E-state index contributed by atoms with van der Waals surface area (Å²) in [6.45, 7) is 8.46. The van der Waals surface area contributed by atoms with E-state index in [-0.39, 0.29) is 5.92 Å². The third-order valence-electron chi connectivity index (χ3n) is 5.62. The maximum absolute atomic E-state index is 11.0. The number of aldehydes is 1. The minimum Gasteiger partial charge on any atom is -0.484 e. The molecule has 0 bridgehead atoms. The maximum atomic E-state index is 11.0. The Labute approximate surface area is 155 Å². The van der Waals surface area contributed by atoms with E-state index in [1.165, 1.54) is 36.4 Å². The van der Waals surface area contributed by atoms with Crippen molar-refractivity contribution in [2.24, 2.45) is 11.8 Å². The predicted molar refractivity (Wildman–Crippen MR) is 103 cm³/mol. The summed E-state index contributed by atoms with van der Waals surface area (Å²) in [4.78, 5) is 15.0. The Balaban J connectivity index is 1.40. The second-order valence-corrected chi connectivity index (χ2v) is 8.58. The van der Waals surface area contributed by atoms with E-state index in [0.29, 0.717) is 0 Å². The van der Waals surface area contributed by atoms with E-state index in [2.05, 4.69) is 23.2 Å². The van der Waals surface area contributed by atoms with Crippen LogP contribution in [-0.4, -0.2) is 44.0 Å². The molecule has 0 radical (unpaired) electrons. The quantitative estimate of drug-likeness (QED) is 0.510. The summed E-state index contributed by atoms with van der Waals surface area (Å²) in [6, 6.07) is 2.25. The molecule has 1 saturated heterocycles. The maximum Gasteiger partial charge on any atom is 0.174 e. The number of nitrogens with zero attached hydrogens (tertiary/aromatic N) is 1. The second kappa shape index (κ2) is 9.70. The van der Waals surface area contributed by atoms with Crippen LogP contribution in [0.25, 0.3) is 0 Å². The molecule has 0 aromatic carbocycles. The molecule has 1 fully saturated rings. The molecule has 1 aromatic heterocycles. The van der Waals surface area contributed by atoms with Crippen molar-refractivity contribution in [3.8, 4) is 5.06 Å². The van der Waals surface area contributed by atoms with Gasteiger partial charge in [-0.25, -0.2) is 0 Å². The normalized spacial score (nSPS) is 21.9. The number of fused-ring (bicyclic) bond motifs is 1. The van der Waals surface area contributed by atoms with Gasteiger partial charge < -0.3 is 14.8 Å². The molecule has 1 aromatic rings. The molecule has 4 nitrogen and oxygen atoms in total. The number of carbonyl (C=O) groups excluding carboxylic acids is 1. The SMILES string of the molecule is CCC(C=O)CCN1CCc2sc(OCCCC3CCNC3)cc2C1. The van der Waals surface area contributed by atoms with Gasteiger partial charge in [0.2, 0.25) is 0 Å². The van der Waals surface area contributed by atoms with Gasteiger partial charge in [-0.3, -0.25) is 4.90 Å². The highest BCUT2D eigenvalue weighted by Crippen LogP contribution is 2.33. The molecular formula is C20H32N2O2S. The lowest BCUT2D eigenvalue weighted by atomic mass is 10.0. The fourth-order valence-electron chi connectivity index (χ4n) is 3.85. The van der Waals surface area contributed by atoms with Crippen LogP contribution in [-0.2, 0) is 17.8 Å². The minimum absolute atomic E-state index is 0.220. The molecule has 2 atom stereocenters. The van der Waals surface area contributed by atoms with Gasteiger partial charge in [0, 0.05) is 23.9 Å². The van der Waals surface area contributed by atoms with Crippen LogP contribution in [0.4, 0.5) is 0 Å². The van der Waals surface area contributed by atoms with E-state index < -0.39 is 0 Å². The molecule has 0 saturated carbocycles. The molecule has 3 heterocycles. The summed E-state index contributed by atoms with van der Waals surface area (Å²) in [6.07, 6.45) is 7.94. The number of carbonyl (C=O) groups is 1. The van der Waals surface area contributed by atoms with Crippen LogP contribution in [0.5, 0.6) is 5.06 Å². The van der Waals surface area contributed by atoms with Crippen LogP contribution < -0.4 is 10.1 Å². The molecule has 0 amide bonds. The van der Waals surface area contributed by atoms with Crippen LogP contribution in [0, 0.1) is 11.8 Å². The zero-order chi connectivity index (χ0) is 17.5. The van der Waals surface area contributed by atoms with Crippen molar-refractivity contribution < 1.29 is 9.53 Å². The van der Waals surface area contributed by atoms with Gasteiger partial charge in [0.1, 0.15) is 6.29 Å². The lowest BCUT2D eigenvalue weighted by molar-refractivity contribution is -0.111. The van der Waals surface area contributed by atoms with Crippen LogP contribution >= 0.6 is 11.3 Å². The van der Waals surface area contributed by atoms with Gasteiger partial charge in [0.05, 0.1) is 6.61 Å². The number of hydrogen-bond acceptors (Lipinski definition) is 5. The molecule has 5 heteroatoms. The highest BCUT2D eigenvalue weighted by Gasteiger charge is 2.20. The number of rotatable bonds is 10. The molecule has 0 aliphatic carbocycles. The number of thiophene rings is 1. The Kier molecular flexibility index (Phi) is 7.32. The molecule has 2 aliphatic rings. The Morgan fingerprint density at radius 1 is 1.52 bits per heavy atom. The number of ether oxygens (including phenoxy) is 1. The van der Waals surface area contributed by atoms with E-state index in [4.69, 9.17) is 4.74 Å². The van der Waals surface area contributed by atoms with Crippen molar-refractivity contribution in [1.29, 1.82) is 0 Å². The van der Waals surface area contributed by atoms with Gasteiger partial charge in [-0.05, 0) is 75.7 Å². The van der Waals surface area contributed by atoms with Crippen LogP contribution in [0.1, 0.15) is 49.5 Å². The first kappa shape index (κ1) is 18.9. The zero-order valence-electron chi connectivity index (χ0n) is 15.5. The van der Waals surface area contributed by atoms with Crippen molar-refractivity contribution in [2.75, 3.05) is 32.8 Å². The molecule has 2 unspecified atom stereocenters. The van der Waals surface area contributed by atoms with Crippen molar-refractivity contribution in [1.82, 2.24) is 10.2 Å². The molecule has 140 valence electrons. The second-order valence-electron chi connectivity index (χ2n) is 7.48. The lowest BCUT2D eigenvalue weighted by Gasteiger charge is -2.27. The van der Waals surface area contributed by atoms with Gasteiger partial charge >= 0.3 is 0 Å². The molecule has 1 N–H and O–H groups in total. The Hall–Kier alpha value is -0.910. The smallest absolute Gasteiger partial charge is 0.174 e. The first-order chi connectivity index (χ1) is 12.3. The van der Waals surface area contributed by atoms with Gasteiger partial charge in [-0.2, -0.15) is 0 Å². The third kappa shape index (κ3) is 5.53. The average Bonchev–Trinajstić information content (AvgIpc) is 3.28. The van der Waals surface area contributed by atoms with Gasteiger partial charge in [0.15, 0.2) is 5.06 Å². The molecule has 3 rings (SSSR count). The van der Waals surface area contributed by atoms with Crippen LogP contribution in [0.3, 0.4) is 0 Å². The Bertz CT molecular complexity index is 540. The Morgan fingerprint density at radius 2 is 2.44 bits per heavy atom. The first-order valence-electron chi connectivity index (χ1n) is 9.91. The van der Waals surface area contributed by atoms with Crippen LogP contribution in [0.2, 0.25) is 0 Å². The van der Waals surface area contributed by atoms with Crippen molar-refractivity contribution in [3.63, 3.8) is 0 Å². The third-order valence-corrected chi connectivity index (χ3v) is 6.77. The molecular weight excluding hydrogens is 332 g/mol. The van der Waals surface area contributed by atoms with Crippen molar-refractivity contribution in [3.05, 3.63) is 16.5 Å². The van der Waals surface area contributed by atoms with Crippen molar-refractivity contribution in [2.45, 2.75) is 52.0 Å². The topological polar surface area (TPSA) is 41.6 Å². The summed E-state index contributed by atoms with van der Waals surface area (Å²) in [5.41, 5.74) is 1.44. The van der Waals surface area contributed by atoms with E-state index in [1.54, 1.807) is 0 Å². The largest absolute Gasteiger partial charge is 0.484 e. The highest BCUT2D eigenvalue weighted by atomic mass is 32.1. The number of hydrogen-bond donors (Lipinski definition) is 1. The lowest BCUT2D eigenvalue weighted by Crippen LogP contribution is -2.31. The van der Waals surface area contributed by atoms with Gasteiger partial charge in [0.25, 0.3) is 0 Å². The fourth-order valence-corrected chi connectivity index (χ4v) is 4.88. The summed E-state index contributed by atoms with van der Waals surface area (Å²) in [5, 5.41) is 4.52. The van der Waals surface area contributed by atoms with E-state index >= 15 is 0 Å². The first-order valence-corrected chi connectivity index (χ1v) is 10.7. The summed E-state index contributed by atoms with van der Waals surface area (Å²) < 4.78 is 6.02. The molecule has 25 heavy (non-hydrogen) atoms. The van der Waals surface area contributed by atoms with Gasteiger partial charge in [-0.15, -0.1) is 11.3 Å². The Morgan fingerprint density at radius 3 is 3.20 bits per heavy atom. The monoisotopic (exact) mass is 364 g/mol. The van der Waals surface area contributed by atoms with E-state index in [9.17, 15) is 4.79 Å². The highest BCUT2D eigenvalue weighted by molar-refractivity contribution is 7.14. The predicted octanol–water partition coefficient (Wildman–Crippen LogP) is 3.49. The van der Waals surface area contributed by atoms with E-state index in [0.717, 1.165) is 69.2 Å². The number of nitrogens with one attached hydrogen (secondary N) is 1. The van der Waals surface area contributed by atoms with Crippen LogP contribution in [0.15, 0.2) is 6.07 Å². The summed E-state index contributed by atoms with van der Waals surface area (Å²) in [5.74, 6) is 1.07. The average molecular weight is 365 g/mol. The molecule has 2 aliphatic heterocycles. The summed E-state index contributed by atoms with van der Waals surface area (Å²) >= 11 is 1.84. The molecule has 0 spiro atoms. The fraction of sp³-hybridized carbons (Fsp3) is 0.750. The zero-order valence-corrected chi connectivity index (χ0v) is 16.3.